The number of nitrogens with two attached hydrogens (primary N) is 1. The summed E-state index contributed by atoms with van der Waals surface area (Å²) in [6.45, 7) is 1.76. The van der Waals surface area contributed by atoms with E-state index in [1.54, 1.807) is 29.2 Å². The number of nitrogens with one attached hydrogen (secondary N) is 2. The molecule has 0 unspecified atom stereocenters. The highest BCUT2D eigenvalue weighted by molar-refractivity contribution is 6.34. The fraction of sp³-hybridized carbons (Fsp3) is 0.238. The lowest BCUT2D eigenvalue weighted by atomic mass is 10.1. The SMILES string of the molecule is N=C(N)c1ccc(O)cc1CNc1ncnc2cc(C(=O)N3CCCC3)c(Cl)cc12. The summed E-state index contributed by atoms with van der Waals surface area (Å²) in [5, 5.41) is 21.7. The van der Waals surface area contributed by atoms with E-state index in [4.69, 9.17) is 22.7 Å². The molecule has 0 aliphatic carbocycles. The number of likely N-dealkylation sites (tertiary alicyclic amines) is 1. The van der Waals surface area contributed by atoms with Crippen molar-refractivity contribution in [2.45, 2.75) is 19.4 Å². The molecule has 1 amide bonds. The molecule has 9 heteroatoms. The number of carbonyl (C=O) groups excluding carboxylic acids is 1. The molecule has 1 aliphatic rings. The van der Waals surface area contributed by atoms with Crippen LogP contribution in [0.4, 0.5) is 5.82 Å². The zero-order chi connectivity index (χ0) is 21.3. The number of hydrogen-bond acceptors (Lipinski definition) is 6. The maximum Gasteiger partial charge on any atom is 0.255 e. The zero-order valence-electron chi connectivity index (χ0n) is 16.2. The number of amidine groups is 1. The lowest BCUT2D eigenvalue weighted by Crippen LogP contribution is -2.27. The van der Waals surface area contributed by atoms with E-state index >= 15 is 0 Å². The largest absolute Gasteiger partial charge is 0.508 e. The smallest absolute Gasteiger partial charge is 0.255 e. The average molecular weight is 425 g/mol. The molecule has 1 saturated heterocycles. The Morgan fingerprint density at radius 1 is 1.20 bits per heavy atom. The van der Waals surface area contributed by atoms with E-state index in [-0.39, 0.29) is 24.0 Å². The summed E-state index contributed by atoms with van der Waals surface area (Å²) >= 11 is 6.44. The fourth-order valence-electron chi connectivity index (χ4n) is 3.64. The van der Waals surface area contributed by atoms with Crippen LogP contribution in [-0.2, 0) is 6.54 Å². The predicted octanol–water partition coefficient (Wildman–Crippen LogP) is 3.12. The summed E-state index contributed by atoms with van der Waals surface area (Å²) < 4.78 is 0. The number of aromatic nitrogens is 2. The van der Waals surface area contributed by atoms with Crippen LogP contribution in [0.1, 0.15) is 34.3 Å². The molecule has 1 aliphatic heterocycles. The number of fused-ring (bicyclic) bond motifs is 1. The van der Waals surface area contributed by atoms with Gasteiger partial charge in [-0.2, -0.15) is 0 Å². The highest BCUT2D eigenvalue weighted by atomic mass is 35.5. The van der Waals surface area contributed by atoms with Crippen molar-refractivity contribution < 1.29 is 9.90 Å². The van der Waals surface area contributed by atoms with Crippen molar-refractivity contribution in [3.63, 3.8) is 0 Å². The summed E-state index contributed by atoms with van der Waals surface area (Å²) in [5.74, 6) is 0.434. The Kier molecular flexibility index (Phi) is 5.41. The van der Waals surface area contributed by atoms with Crippen molar-refractivity contribution in [2.75, 3.05) is 18.4 Å². The van der Waals surface area contributed by atoms with Crippen LogP contribution in [0.5, 0.6) is 5.75 Å². The second-order valence-electron chi connectivity index (χ2n) is 7.18. The number of anilines is 1. The van der Waals surface area contributed by atoms with Crippen LogP contribution in [-0.4, -0.2) is 44.8 Å². The molecule has 1 aromatic heterocycles. The summed E-state index contributed by atoms with van der Waals surface area (Å²) in [4.78, 5) is 23.2. The number of nitrogen functional groups attached to an aromatic ring is 1. The molecule has 5 N–H and O–H groups in total. The second-order valence-corrected chi connectivity index (χ2v) is 7.59. The molecule has 30 heavy (non-hydrogen) atoms. The quantitative estimate of drug-likeness (QED) is 0.368. The molecular formula is C21H21ClN6O2. The number of phenols is 1. The Bertz CT molecular complexity index is 1140. The van der Waals surface area contributed by atoms with Gasteiger partial charge in [-0.05, 0) is 48.7 Å². The number of phenolic OH excluding ortho intramolecular Hbond substituents is 1. The van der Waals surface area contributed by atoms with Crippen LogP contribution >= 0.6 is 11.6 Å². The molecule has 0 bridgehead atoms. The van der Waals surface area contributed by atoms with Crippen molar-refractivity contribution >= 4 is 40.1 Å². The standard InChI is InChI=1S/C21H21ClN6O2/c22-17-8-16-18(9-15(17)21(30)28-5-1-2-6-28)26-11-27-20(16)25-10-12-7-13(29)3-4-14(12)19(23)24/h3-4,7-9,11,29H,1-2,5-6,10H2,(H3,23,24)(H,25,26,27). The molecule has 8 nitrogen and oxygen atoms in total. The Hall–Kier alpha value is -3.39. The van der Waals surface area contributed by atoms with Gasteiger partial charge < -0.3 is 21.1 Å². The van der Waals surface area contributed by atoms with Gasteiger partial charge in [0.2, 0.25) is 0 Å². The van der Waals surface area contributed by atoms with Crippen LogP contribution in [0, 0.1) is 5.41 Å². The van der Waals surface area contributed by atoms with E-state index in [2.05, 4.69) is 15.3 Å². The van der Waals surface area contributed by atoms with Gasteiger partial charge in [-0.15, -0.1) is 0 Å². The van der Waals surface area contributed by atoms with Gasteiger partial charge in [0.15, 0.2) is 0 Å². The van der Waals surface area contributed by atoms with Gasteiger partial charge in [0.1, 0.15) is 23.7 Å². The van der Waals surface area contributed by atoms with Crippen LogP contribution in [0.3, 0.4) is 0 Å². The normalized spacial score (nSPS) is 13.6. The second kappa shape index (κ2) is 8.16. The van der Waals surface area contributed by atoms with Gasteiger partial charge in [0.25, 0.3) is 5.91 Å². The number of benzene rings is 2. The van der Waals surface area contributed by atoms with Crippen LogP contribution in [0.2, 0.25) is 5.02 Å². The minimum atomic E-state index is -0.0903. The topological polar surface area (TPSA) is 128 Å². The third-order valence-electron chi connectivity index (χ3n) is 5.17. The van der Waals surface area contributed by atoms with E-state index in [0.717, 1.165) is 25.9 Å². The van der Waals surface area contributed by atoms with Gasteiger partial charge >= 0.3 is 0 Å². The number of hydrogen-bond donors (Lipinski definition) is 4. The minimum absolute atomic E-state index is 0.0810. The number of nitrogens with zero attached hydrogens (tertiary/aromatic N) is 3. The van der Waals surface area contributed by atoms with Gasteiger partial charge in [-0.1, -0.05) is 11.6 Å². The van der Waals surface area contributed by atoms with E-state index in [1.807, 2.05) is 0 Å². The molecular weight excluding hydrogens is 404 g/mol. The van der Waals surface area contributed by atoms with Crippen LogP contribution in [0.15, 0.2) is 36.7 Å². The number of amides is 1. The Labute approximate surface area is 178 Å². The summed E-state index contributed by atoms with van der Waals surface area (Å²) in [7, 11) is 0. The van der Waals surface area contributed by atoms with Crippen molar-refractivity contribution in [2.24, 2.45) is 5.73 Å². The first kappa shape index (κ1) is 19.9. The minimum Gasteiger partial charge on any atom is -0.508 e. The van der Waals surface area contributed by atoms with Crippen molar-refractivity contribution in [1.29, 1.82) is 5.41 Å². The first-order chi connectivity index (χ1) is 14.4. The van der Waals surface area contributed by atoms with Crippen LogP contribution < -0.4 is 11.1 Å². The highest BCUT2D eigenvalue weighted by Crippen LogP contribution is 2.29. The van der Waals surface area contributed by atoms with E-state index in [9.17, 15) is 9.90 Å². The van der Waals surface area contributed by atoms with Crippen molar-refractivity contribution in [3.8, 4) is 5.75 Å². The lowest BCUT2D eigenvalue weighted by molar-refractivity contribution is 0.0793. The van der Waals surface area contributed by atoms with E-state index in [1.165, 1.54) is 12.4 Å². The molecule has 0 saturated carbocycles. The number of rotatable bonds is 5. The maximum atomic E-state index is 12.8. The van der Waals surface area contributed by atoms with Gasteiger partial charge in [-0.25, -0.2) is 9.97 Å². The summed E-state index contributed by atoms with van der Waals surface area (Å²) in [6.07, 6.45) is 3.42. The van der Waals surface area contributed by atoms with Crippen molar-refractivity contribution in [1.82, 2.24) is 14.9 Å². The van der Waals surface area contributed by atoms with Gasteiger partial charge in [0, 0.05) is 30.6 Å². The Morgan fingerprint density at radius 2 is 1.97 bits per heavy atom. The number of aromatic hydroxyl groups is 1. The molecule has 1 fully saturated rings. The molecule has 0 atom stereocenters. The third-order valence-corrected chi connectivity index (χ3v) is 5.49. The lowest BCUT2D eigenvalue weighted by Gasteiger charge is -2.17. The summed E-state index contributed by atoms with van der Waals surface area (Å²) in [5.41, 5.74) is 7.84. The molecule has 0 spiro atoms. The molecule has 154 valence electrons. The molecule has 2 aromatic carbocycles. The van der Waals surface area contributed by atoms with Crippen LogP contribution in [0.25, 0.3) is 10.9 Å². The summed E-state index contributed by atoms with van der Waals surface area (Å²) in [6, 6.07) is 8.02. The Balaban J connectivity index is 1.64. The van der Waals surface area contributed by atoms with Gasteiger partial charge in [0.05, 0.1) is 16.1 Å². The predicted molar refractivity (Wildman–Crippen MR) is 116 cm³/mol. The maximum absolute atomic E-state index is 12.8. The fourth-order valence-corrected chi connectivity index (χ4v) is 3.88. The average Bonchev–Trinajstić information content (AvgIpc) is 3.26. The molecule has 0 radical (unpaired) electrons. The van der Waals surface area contributed by atoms with Gasteiger partial charge in [-0.3, -0.25) is 10.2 Å². The highest BCUT2D eigenvalue weighted by Gasteiger charge is 2.22. The molecule has 2 heterocycles. The first-order valence-electron chi connectivity index (χ1n) is 9.57. The molecule has 4 rings (SSSR count). The first-order valence-corrected chi connectivity index (χ1v) is 9.95. The van der Waals surface area contributed by atoms with Crippen molar-refractivity contribution in [3.05, 3.63) is 58.4 Å². The number of halogens is 1. The Morgan fingerprint density at radius 3 is 2.70 bits per heavy atom. The third kappa shape index (κ3) is 3.86. The molecule has 3 aromatic rings. The van der Waals surface area contributed by atoms with E-state index < -0.39 is 0 Å². The zero-order valence-corrected chi connectivity index (χ0v) is 16.9. The monoisotopic (exact) mass is 424 g/mol. The van der Waals surface area contributed by atoms with E-state index in [0.29, 0.717) is 38.4 Å². The number of carbonyl (C=O) groups is 1.